The Balaban J connectivity index is 1.88. The molecule has 2 atom stereocenters. The van der Waals surface area contributed by atoms with Crippen molar-refractivity contribution in [3.05, 3.63) is 0 Å². The summed E-state index contributed by atoms with van der Waals surface area (Å²) in [7, 11) is 0. The number of ketones is 1. The van der Waals surface area contributed by atoms with E-state index in [1.54, 1.807) is 6.92 Å². The molecule has 1 heterocycles. The lowest BCUT2D eigenvalue weighted by atomic mass is 9.82. The first kappa shape index (κ1) is 11.1. The maximum absolute atomic E-state index is 11.4. The smallest absolute Gasteiger partial charge is 0.132 e. The van der Waals surface area contributed by atoms with E-state index >= 15 is 0 Å². The Kier molecular flexibility index (Phi) is 3.76. The van der Waals surface area contributed by atoms with E-state index in [0.717, 1.165) is 39.0 Å². The first-order chi connectivity index (χ1) is 7.27. The normalized spacial score (nSPS) is 33.9. The Hall–Kier alpha value is -0.410. The summed E-state index contributed by atoms with van der Waals surface area (Å²) in [5.41, 5.74) is 0. The lowest BCUT2D eigenvalue weighted by molar-refractivity contribution is -0.122. The number of nitrogens with zero attached hydrogens (tertiary/aromatic N) is 1. The molecule has 3 heteroatoms. The number of hydrogen-bond donors (Lipinski definition) is 1. The summed E-state index contributed by atoms with van der Waals surface area (Å²) in [6.07, 6.45) is 4.76. The number of Topliss-reactive ketones (excluding diaryl/α,β-unsaturated/α-hetero) is 1. The van der Waals surface area contributed by atoms with E-state index in [1.807, 2.05) is 0 Å². The second-order valence-corrected chi connectivity index (χ2v) is 4.91. The Morgan fingerprint density at radius 1 is 1.27 bits per heavy atom. The van der Waals surface area contributed by atoms with Crippen molar-refractivity contribution in [2.45, 2.75) is 38.6 Å². The number of carbonyl (C=O) groups is 1. The Morgan fingerprint density at radius 2 is 2.00 bits per heavy atom. The van der Waals surface area contributed by atoms with E-state index in [4.69, 9.17) is 0 Å². The van der Waals surface area contributed by atoms with Crippen molar-refractivity contribution >= 4 is 5.78 Å². The second-order valence-electron chi connectivity index (χ2n) is 4.91. The Labute approximate surface area is 92.2 Å². The predicted octanol–water partition coefficient (Wildman–Crippen LogP) is 1.04. The van der Waals surface area contributed by atoms with Crippen LogP contribution in [0.5, 0.6) is 0 Å². The summed E-state index contributed by atoms with van der Waals surface area (Å²) < 4.78 is 0. The van der Waals surface area contributed by atoms with Crippen molar-refractivity contribution in [3.8, 4) is 0 Å². The SMILES string of the molecule is CC(=O)C1CCCC(N2CCNCC2)C1. The Bertz CT molecular complexity index is 224. The average Bonchev–Trinajstić information content (AvgIpc) is 2.30. The molecule has 0 aromatic carbocycles. The number of rotatable bonds is 2. The fourth-order valence-corrected chi connectivity index (χ4v) is 2.91. The minimum Gasteiger partial charge on any atom is -0.314 e. The highest BCUT2D eigenvalue weighted by atomic mass is 16.1. The van der Waals surface area contributed by atoms with Gasteiger partial charge in [-0.25, -0.2) is 0 Å². The van der Waals surface area contributed by atoms with E-state index in [1.165, 1.54) is 12.8 Å². The van der Waals surface area contributed by atoms with Gasteiger partial charge in [-0.15, -0.1) is 0 Å². The van der Waals surface area contributed by atoms with Crippen molar-refractivity contribution in [2.24, 2.45) is 5.92 Å². The minimum atomic E-state index is 0.346. The average molecular weight is 210 g/mol. The monoisotopic (exact) mass is 210 g/mol. The zero-order chi connectivity index (χ0) is 10.7. The molecule has 1 aliphatic heterocycles. The second kappa shape index (κ2) is 5.08. The molecular weight excluding hydrogens is 188 g/mol. The molecule has 0 bridgehead atoms. The maximum Gasteiger partial charge on any atom is 0.132 e. The first-order valence-electron chi connectivity index (χ1n) is 6.22. The van der Waals surface area contributed by atoms with Crippen LogP contribution in [0.4, 0.5) is 0 Å². The topological polar surface area (TPSA) is 32.3 Å². The zero-order valence-electron chi connectivity index (χ0n) is 9.67. The number of hydrogen-bond acceptors (Lipinski definition) is 3. The summed E-state index contributed by atoms with van der Waals surface area (Å²) in [4.78, 5) is 14.0. The highest BCUT2D eigenvalue weighted by Crippen LogP contribution is 2.28. The van der Waals surface area contributed by atoms with Crippen LogP contribution in [0.25, 0.3) is 0 Å². The van der Waals surface area contributed by atoms with Gasteiger partial charge < -0.3 is 5.32 Å². The van der Waals surface area contributed by atoms with Gasteiger partial charge in [0.2, 0.25) is 0 Å². The van der Waals surface area contributed by atoms with Gasteiger partial charge in [0.25, 0.3) is 0 Å². The number of carbonyl (C=O) groups excluding carboxylic acids is 1. The highest BCUT2D eigenvalue weighted by molar-refractivity contribution is 5.78. The van der Waals surface area contributed by atoms with Gasteiger partial charge in [0.15, 0.2) is 0 Å². The van der Waals surface area contributed by atoms with Crippen LogP contribution in [0.3, 0.4) is 0 Å². The van der Waals surface area contributed by atoms with Crippen LogP contribution < -0.4 is 5.32 Å². The van der Waals surface area contributed by atoms with Crippen molar-refractivity contribution < 1.29 is 4.79 Å². The summed E-state index contributed by atoms with van der Waals surface area (Å²) in [5.74, 6) is 0.744. The quantitative estimate of drug-likeness (QED) is 0.739. The van der Waals surface area contributed by atoms with E-state index in [9.17, 15) is 4.79 Å². The molecule has 0 spiro atoms. The molecule has 0 aromatic rings. The predicted molar refractivity (Wildman–Crippen MR) is 60.9 cm³/mol. The molecule has 15 heavy (non-hydrogen) atoms. The molecule has 2 rings (SSSR count). The Morgan fingerprint density at radius 3 is 2.67 bits per heavy atom. The van der Waals surface area contributed by atoms with Gasteiger partial charge in [0.05, 0.1) is 0 Å². The lowest BCUT2D eigenvalue weighted by Crippen LogP contribution is -2.50. The molecular formula is C12H22N2O. The van der Waals surface area contributed by atoms with E-state index < -0.39 is 0 Å². The van der Waals surface area contributed by atoms with Crippen LogP contribution in [-0.4, -0.2) is 42.9 Å². The van der Waals surface area contributed by atoms with Crippen LogP contribution in [0.15, 0.2) is 0 Å². The van der Waals surface area contributed by atoms with Crippen LogP contribution in [0, 0.1) is 5.92 Å². The summed E-state index contributed by atoms with van der Waals surface area (Å²) in [6.45, 7) is 6.30. The number of piperazine rings is 1. The van der Waals surface area contributed by atoms with Gasteiger partial charge in [0.1, 0.15) is 5.78 Å². The van der Waals surface area contributed by atoms with Gasteiger partial charge >= 0.3 is 0 Å². The first-order valence-corrected chi connectivity index (χ1v) is 6.22. The van der Waals surface area contributed by atoms with E-state index in [2.05, 4.69) is 10.2 Å². The van der Waals surface area contributed by atoms with Crippen molar-refractivity contribution in [1.29, 1.82) is 0 Å². The molecule has 2 aliphatic rings. The molecule has 1 saturated carbocycles. The summed E-state index contributed by atoms with van der Waals surface area (Å²) >= 11 is 0. The molecule has 0 aromatic heterocycles. The van der Waals surface area contributed by atoms with E-state index in [0.29, 0.717) is 17.7 Å². The molecule has 1 saturated heterocycles. The van der Waals surface area contributed by atoms with Gasteiger partial charge in [-0.05, 0) is 26.2 Å². The molecule has 2 unspecified atom stereocenters. The molecule has 1 N–H and O–H groups in total. The van der Waals surface area contributed by atoms with E-state index in [-0.39, 0.29) is 0 Å². The third-order valence-electron chi connectivity index (χ3n) is 3.89. The summed E-state index contributed by atoms with van der Waals surface area (Å²) in [6, 6.07) is 0.676. The van der Waals surface area contributed by atoms with Crippen molar-refractivity contribution in [2.75, 3.05) is 26.2 Å². The van der Waals surface area contributed by atoms with Gasteiger partial charge in [0, 0.05) is 38.1 Å². The van der Waals surface area contributed by atoms with Crippen LogP contribution in [0.2, 0.25) is 0 Å². The number of nitrogens with one attached hydrogen (secondary N) is 1. The largest absolute Gasteiger partial charge is 0.314 e. The molecule has 3 nitrogen and oxygen atoms in total. The van der Waals surface area contributed by atoms with Gasteiger partial charge in [-0.2, -0.15) is 0 Å². The van der Waals surface area contributed by atoms with Crippen LogP contribution >= 0.6 is 0 Å². The van der Waals surface area contributed by atoms with Crippen molar-refractivity contribution in [3.63, 3.8) is 0 Å². The molecule has 0 radical (unpaired) electrons. The van der Waals surface area contributed by atoms with Crippen LogP contribution in [0.1, 0.15) is 32.6 Å². The fourth-order valence-electron chi connectivity index (χ4n) is 2.91. The third-order valence-corrected chi connectivity index (χ3v) is 3.89. The third kappa shape index (κ3) is 2.79. The standard InChI is InChI=1S/C12H22N2O/c1-10(15)11-3-2-4-12(9-11)14-7-5-13-6-8-14/h11-13H,2-9H2,1H3. The minimum absolute atomic E-state index is 0.346. The molecule has 86 valence electrons. The van der Waals surface area contributed by atoms with Gasteiger partial charge in [-0.1, -0.05) is 6.42 Å². The fraction of sp³-hybridized carbons (Fsp3) is 0.917. The molecule has 0 amide bonds. The zero-order valence-corrected chi connectivity index (χ0v) is 9.67. The van der Waals surface area contributed by atoms with Gasteiger partial charge in [-0.3, -0.25) is 9.69 Å². The maximum atomic E-state index is 11.4. The lowest BCUT2D eigenvalue weighted by Gasteiger charge is -2.39. The molecule has 2 fully saturated rings. The van der Waals surface area contributed by atoms with Crippen molar-refractivity contribution in [1.82, 2.24) is 10.2 Å². The highest BCUT2D eigenvalue weighted by Gasteiger charge is 2.29. The summed E-state index contributed by atoms with van der Waals surface area (Å²) in [5, 5.41) is 3.38. The molecule has 1 aliphatic carbocycles. The van der Waals surface area contributed by atoms with Crippen LogP contribution in [-0.2, 0) is 4.79 Å².